The van der Waals surface area contributed by atoms with Gasteiger partial charge in [-0.25, -0.2) is 0 Å². The van der Waals surface area contributed by atoms with Gasteiger partial charge in [0.15, 0.2) is 0 Å². The molecule has 1 saturated heterocycles. The summed E-state index contributed by atoms with van der Waals surface area (Å²) in [4.78, 5) is 13.0. The van der Waals surface area contributed by atoms with Crippen LogP contribution in [0.15, 0.2) is 0 Å². The highest BCUT2D eigenvalue weighted by molar-refractivity contribution is 5.67. The molecule has 1 N–H and O–H groups in total. The second kappa shape index (κ2) is 5.17. The summed E-state index contributed by atoms with van der Waals surface area (Å²) in [5, 5.41) is 8.67. The van der Waals surface area contributed by atoms with Gasteiger partial charge in [0, 0.05) is 19.6 Å². The van der Waals surface area contributed by atoms with Crippen LogP contribution in [0.25, 0.3) is 0 Å². The van der Waals surface area contributed by atoms with Gasteiger partial charge in [0.1, 0.15) is 0 Å². The van der Waals surface area contributed by atoms with E-state index in [0.29, 0.717) is 12.3 Å². The molecule has 1 heterocycles. The van der Waals surface area contributed by atoms with Crippen LogP contribution in [-0.4, -0.2) is 35.6 Å². The third-order valence-corrected chi connectivity index (χ3v) is 4.06. The Bertz CT molecular complexity index is 248. The molecule has 0 spiro atoms. The number of hydrogen-bond donors (Lipinski definition) is 1. The van der Waals surface area contributed by atoms with Crippen LogP contribution in [0, 0.1) is 17.8 Å². The van der Waals surface area contributed by atoms with Crippen LogP contribution in [0.5, 0.6) is 0 Å². The lowest BCUT2D eigenvalue weighted by Crippen LogP contribution is -2.49. The van der Waals surface area contributed by atoms with Crippen molar-refractivity contribution in [2.45, 2.75) is 39.0 Å². The Morgan fingerprint density at radius 1 is 1.31 bits per heavy atom. The zero-order chi connectivity index (χ0) is 11.5. The summed E-state index contributed by atoms with van der Waals surface area (Å²) in [6, 6.07) is 0. The predicted molar refractivity (Wildman–Crippen MR) is 63.3 cm³/mol. The zero-order valence-electron chi connectivity index (χ0n) is 10.2. The van der Waals surface area contributed by atoms with Crippen molar-refractivity contribution in [1.82, 2.24) is 4.90 Å². The van der Waals surface area contributed by atoms with Gasteiger partial charge >= 0.3 is 5.97 Å². The van der Waals surface area contributed by atoms with Crippen molar-refractivity contribution in [2.24, 2.45) is 17.8 Å². The van der Waals surface area contributed by atoms with Crippen molar-refractivity contribution in [3.8, 4) is 0 Å². The van der Waals surface area contributed by atoms with Crippen molar-refractivity contribution in [1.29, 1.82) is 0 Å². The molecule has 2 atom stereocenters. The number of carbonyl (C=O) groups is 1. The van der Waals surface area contributed by atoms with Crippen molar-refractivity contribution >= 4 is 5.97 Å². The molecule has 92 valence electrons. The summed E-state index contributed by atoms with van der Waals surface area (Å²) in [5.41, 5.74) is 0. The molecule has 1 aliphatic carbocycles. The molecule has 1 aliphatic heterocycles. The molecule has 3 nitrogen and oxygen atoms in total. The molecule has 0 radical (unpaired) electrons. The highest BCUT2D eigenvalue weighted by atomic mass is 16.4. The lowest BCUT2D eigenvalue weighted by atomic mass is 9.81. The summed E-state index contributed by atoms with van der Waals surface area (Å²) >= 11 is 0. The maximum Gasteiger partial charge on any atom is 0.303 e. The normalized spacial score (nSPS) is 32.3. The number of carboxylic acid groups (broad SMARTS) is 1. The van der Waals surface area contributed by atoms with E-state index in [1.54, 1.807) is 0 Å². The van der Waals surface area contributed by atoms with Crippen molar-refractivity contribution < 1.29 is 9.90 Å². The maximum atomic E-state index is 10.5. The number of likely N-dealkylation sites (tertiary alicyclic amines) is 1. The van der Waals surface area contributed by atoms with E-state index in [-0.39, 0.29) is 0 Å². The topological polar surface area (TPSA) is 40.5 Å². The molecular weight excluding hydrogens is 202 g/mol. The fourth-order valence-electron chi connectivity index (χ4n) is 3.29. The zero-order valence-corrected chi connectivity index (χ0v) is 10.2. The van der Waals surface area contributed by atoms with Gasteiger partial charge in [0.2, 0.25) is 0 Å². The van der Waals surface area contributed by atoms with Crippen LogP contribution in [-0.2, 0) is 4.79 Å². The molecule has 0 amide bonds. The first kappa shape index (κ1) is 11.9. The van der Waals surface area contributed by atoms with E-state index in [9.17, 15) is 4.79 Å². The molecule has 16 heavy (non-hydrogen) atoms. The second-order valence-electron chi connectivity index (χ2n) is 5.82. The summed E-state index contributed by atoms with van der Waals surface area (Å²) < 4.78 is 0. The Morgan fingerprint density at radius 3 is 2.69 bits per heavy atom. The molecule has 1 saturated carbocycles. The van der Waals surface area contributed by atoms with E-state index in [1.165, 1.54) is 32.2 Å². The predicted octanol–water partition coefficient (Wildman–Crippen LogP) is 2.22. The van der Waals surface area contributed by atoms with E-state index in [4.69, 9.17) is 5.11 Å². The van der Waals surface area contributed by atoms with E-state index in [1.807, 2.05) is 0 Å². The lowest BCUT2D eigenvalue weighted by Gasteiger charge is -2.42. The summed E-state index contributed by atoms with van der Waals surface area (Å²) in [6.45, 7) is 5.59. The molecule has 2 aliphatic rings. The van der Waals surface area contributed by atoms with Gasteiger partial charge in [0.25, 0.3) is 0 Å². The number of nitrogens with zero attached hydrogens (tertiary/aromatic N) is 1. The minimum Gasteiger partial charge on any atom is -0.481 e. The van der Waals surface area contributed by atoms with Gasteiger partial charge < -0.3 is 10.0 Å². The smallest absolute Gasteiger partial charge is 0.303 e. The third-order valence-electron chi connectivity index (χ3n) is 4.06. The molecule has 0 bridgehead atoms. The van der Waals surface area contributed by atoms with Crippen LogP contribution >= 0.6 is 0 Å². The average Bonchev–Trinajstić information content (AvgIpc) is 2.14. The Balaban J connectivity index is 1.63. The molecule has 3 heteroatoms. The molecule has 0 aromatic rings. The Kier molecular flexibility index (Phi) is 3.85. The monoisotopic (exact) mass is 225 g/mol. The highest BCUT2D eigenvalue weighted by Crippen LogP contribution is 2.31. The van der Waals surface area contributed by atoms with Crippen molar-refractivity contribution in [3.05, 3.63) is 0 Å². The van der Waals surface area contributed by atoms with Crippen LogP contribution in [0.1, 0.15) is 39.0 Å². The van der Waals surface area contributed by atoms with Crippen molar-refractivity contribution in [3.63, 3.8) is 0 Å². The lowest BCUT2D eigenvalue weighted by molar-refractivity contribution is -0.139. The minimum atomic E-state index is -0.643. The van der Waals surface area contributed by atoms with Crippen LogP contribution < -0.4 is 0 Å². The highest BCUT2D eigenvalue weighted by Gasteiger charge is 2.31. The van der Waals surface area contributed by atoms with Crippen LogP contribution in [0.2, 0.25) is 0 Å². The average molecular weight is 225 g/mol. The molecular formula is C13H23NO2. The summed E-state index contributed by atoms with van der Waals surface area (Å²) in [7, 11) is 0. The number of aliphatic carboxylic acids is 1. The second-order valence-corrected chi connectivity index (χ2v) is 5.82. The fraction of sp³-hybridized carbons (Fsp3) is 0.923. The summed E-state index contributed by atoms with van der Waals surface area (Å²) in [5.74, 6) is 1.54. The van der Waals surface area contributed by atoms with Gasteiger partial charge in [-0.2, -0.15) is 0 Å². The van der Waals surface area contributed by atoms with Gasteiger partial charge in [-0.05, 0) is 30.6 Å². The van der Waals surface area contributed by atoms with Gasteiger partial charge in [-0.3, -0.25) is 4.79 Å². The first-order valence-corrected chi connectivity index (χ1v) is 6.57. The van der Waals surface area contributed by atoms with E-state index in [2.05, 4.69) is 11.8 Å². The molecule has 0 aromatic carbocycles. The maximum absolute atomic E-state index is 10.5. The van der Waals surface area contributed by atoms with Gasteiger partial charge in [0.05, 0.1) is 6.42 Å². The third kappa shape index (κ3) is 3.21. The summed E-state index contributed by atoms with van der Waals surface area (Å²) in [6.07, 6.45) is 5.90. The molecule has 2 unspecified atom stereocenters. The molecule has 0 aromatic heterocycles. The Morgan fingerprint density at radius 2 is 2.06 bits per heavy atom. The number of carboxylic acids is 1. The Hall–Kier alpha value is -0.570. The SMILES string of the molecule is CC1CCCC(CN2CC(CC(=O)O)C2)C1. The molecule has 2 rings (SSSR count). The largest absolute Gasteiger partial charge is 0.481 e. The first-order chi connectivity index (χ1) is 7.63. The number of hydrogen-bond acceptors (Lipinski definition) is 2. The van der Waals surface area contributed by atoms with Gasteiger partial charge in [-0.1, -0.05) is 19.8 Å². The van der Waals surface area contributed by atoms with E-state index < -0.39 is 5.97 Å². The van der Waals surface area contributed by atoms with Gasteiger partial charge in [-0.15, -0.1) is 0 Å². The van der Waals surface area contributed by atoms with Crippen molar-refractivity contribution in [2.75, 3.05) is 19.6 Å². The number of rotatable bonds is 4. The standard InChI is InChI=1S/C13H23NO2/c1-10-3-2-4-11(5-10)7-14-8-12(9-14)6-13(15)16/h10-12H,2-9H2,1H3,(H,15,16). The fourth-order valence-corrected chi connectivity index (χ4v) is 3.29. The van der Waals surface area contributed by atoms with E-state index >= 15 is 0 Å². The minimum absolute atomic E-state index is 0.359. The van der Waals surface area contributed by atoms with Crippen LogP contribution in [0.3, 0.4) is 0 Å². The molecule has 2 fully saturated rings. The van der Waals surface area contributed by atoms with E-state index in [0.717, 1.165) is 24.9 Å². The first-order valence-electron chi connectivity index (χ1n) is 6.57. The van der Waals surface area contributed by atoms with Crippen LogP contribution in [0.4, 0.5) is 0 Å². The Labute approximate surface area is 97.8 Å². The quantitative estimate of drug-likeness (QED) is 0.797.